The van der Waals surface area contributed by atoms with Crippen LogP contribution in [0.4, 0.5) is 0 Å². The van der Waals surface area contributed by atoms with Gasteiger partial charge in [0.1, 0.15) is 11.8 Å². The standard InChI is InChI=1S/C15H10ClNO3S/c16-7-3-4-8-9(6-7)11(14(19)12(8)15(17)20)13(18)10-2-1-5-21-10/h1-6,11-12H,(H2,17,20). The van der Waals surface area contributed by atoms with Gasteiger partial charge in [-0.15, -0.1) is 11.3 Å². The maximum absolute atomic E-state index is 12.6. The zero-order valence-electron chi connectivity index (χ0n) is 10.7. The fourth-order valence-electron chi connectivity index (χ4n) is 2.66. The first kappa shape index (κ1) is 14.0. The molecule has 21 heavy (non-hydrogen) atoms. The molecule has 4 nitrogen and oxygen atoms in total. The molecule has 0 saturated carbocycles. The van der Waals surface area contributed by atoms with E-state index >= 15 is 0 Å². The van der Waals surface area contributed by atoms with Crippen molar-refractivity contribution in [3.05, 3.63) is 56.7 Å². The number of hydrogen-bond donors (Lipinski definition) is 1. The number of carbonyl (C=O) groups is 3. The second-order valence-corrected chi connectivity index (χ2v) is 6.17. The summed E-state index contributed by atoms with van der Waals surface area (Å²) >= 11 is 7.21. The molecule has 1 aliphatic carbocycles. The van der Waals surface area contributed by atoms with Crippen LogP contribution < -0.4 is 5.73 Å². The minimum atomic E-state index is -1.08. The van der Waals surface area contributed by atoms with Crippen molar-refractivity contribution >= 4 is 40.4 Å². The molecule has 1 amide bonds. The molecule has 1 heterocycles. The lowest BCUT2D eigenvalue weighted by molar-refractivity contribution is -0.128. The fourth-order valence-corrected chi connectivity index (χ4v) is 3.53. The zero-order valence-corrected chi connectivity index (χ0v) is 12.3. The molecular formula is C15H10ClNO3S. The van der Waals surface area contributed by atoms with Crippen molar-refractivity contribution in [2.24, 2.45) is 5.73 Å². The van der Waals surface area contributed by atoms with Gasteiger partial charge in [0.05, 0.1) is 4.88 Å². The summed E-state index contributed by atoms with van der Waals surface area (Å²) in [5.74, 6) is -3.62. The van der Waals surface area contributed by atoms with Crippen molar-refractivity contribution in [3.8, 4) is 0 Å². The highest BCUT2D eigenvalue weighted by Gasteiger charge is 2.46. The summed E-state index contributed by atoms with van der Waals surface area (Å²) in [6.07, 6.45) is 0. The molecule has 1 aromatic carbocycles. The van der Waals surface area contributed by atoms with Crippen molar-refractivity contribution in [2.45, 2.75) is 11.8 Å². The molecule has 2 N–H and O–H groups in total. The van der Waals surface area contributed by atoms with E-state index in [-0.39, 0.29) is 5.78 Å². The van der Waals surface area contributed by atoms with Crippen LogP contribution in [-0.2, 0) is 9.59 Å². The molecule has 2 aromatic rings. The normalized spacial score (nSPS) is 20.3. The molecule has 0 saturated heterocycles. The van der Waals surface area contributed by atoms with E-state index < -0.39 is 23.5 Å². The highest BCUT2D eigenvalue weighted by Crippen LogP contribution is 2.42. The molecule has 0 fully saturated rings. The van der Waals surface area contributed by atoms with E-state index in [2.05, 4.69) is 0 Å². The fraction of sp³-hybridized carbons (Fsp3) is 0.133. The Morgan fingerprint density at radius 2 is 1.90 bits per heavy atom. The highest BCUT2D eigenvalue weighted by molar-refractivity contribution is 7.12. The van der Waals surface area contributed by atoms with Crippen molar-refractivity contribution in [3.63, 3.8) is 0 Å². The van der Waals surface area contributed by atoms with Crippen LogP contribution in [0.15, 0.2) is 35.7 Å². The van der Waals surface area contributed by atoms with E-state index in [4.69, 9.17) is 17.3 Å². The number of amides is 1. The van der Waals surface area contributed by atoms with E-state index in [0.29, 0.717) is 21.0 Å². The lowest BCUT2D eigenvalue weighted by Gasteiger charge is -2.08. The number of fused-ring (bicyclic) bond motifs is 1. The topological polar surface area (TPSA) is 77.2 Å². The number of benzene rings is 1. The maximum Gasteiger partial charge on any atom is 0.232 e. The van der Waals surface area contributed by atoms with Gasteiger partial charge in [-0.1, -0.05) is 23.7 Å². The Morgan fingerprint density at radius 1 is 1.14 bits per heavy atom. The first-order chi connectivity index (χ1) is 10.0. The lowest BCUT2D eigenvalue weighted by atomic mass is 9.94. The van der Waals surface area contributed by atoms with Gasteiger partial charge < -0.3 is 5.73 Å². The number of primary amides is 1. The quantitative estimate of drug-likeness (QED) is 0.697. The largest absolute Gasteiger partial charge is 0.369 e. The van der Waals surface area contributed by atoms with Gasteiger partial charge in [0.15, 0.2) is 11.6 Å². The third kappa shape index (κ3) is 2.18. The number of halogens is 1. The number of Topliss-reactive ketones (excluding diaryl/α,β-unsaturated/α-hetero) is 2. The van der Waals surface area contributed by atoms with Gasteiger partial charge in [-0.05, 0) is 34.7 Å². The summed E-state index contributed by atoms with van der Waals surface area (Å²) < 4.78 is 0. The van der Waals surface area contributed by atoms with Crippen molar-refractivity contribution in [1.82, 2.24) is 0 Å². The van der Waals surface area contributed by atoms with Gasteiger partial charge in [-0.2, -0.15) is 0 Å². The SMILES string of the molecule is NC(=O)C1C(=O)C(C(=O)c2cccs2)c2cc(Cl)ccc21. The minimum absolute atomic E-state index is 0.317. The van der Waals surface area contributed by atoms with Gasteiger partial charge in [0.2, 0.25) is 5.91 Å². The van der Waals surface area contributed by atoms with Gasteiger partial charge >= 0.3 is 0 Å². The Hall–Kier alpha value is -1.98. The summed E-state index contributed by atoms with van der Waals surface area (Å²) in [5, 5.41) is 2.17. The predicted molar refractivity (Wildman–Crippen MR) is 79.8 cm³/mol. The molecule has 0 bridgehead atoms. The summed E-state index contributed by atoms with van der Waals surface area (Å²) in [7, 11) is 0. The summed E-state index contributed by atoms with van der Waals surface area (Å²) in [5.41, 5.74) is 6.28. The first-order valence-electron chi connectivity index (χ1n) is 6.21. The van der Waals surface area contributed by atoms with Gasteiger partial charge in [0.25, 0.3) is 0 Å². The number of thiophene rings is 1. The van der Waals surface area contributed by atoms with Gasteiger partial charge in [0, 0.05) is 5.02 Å². The Morgan fingerprint density at radius 3 is 2.52 bits per heavy atom. The number of carbonyl (C=O) groups excluding carboxylic acids is 3. The van der Waals surface area contributed by atoms with Crippen LogP contribution in [0.3, 0.4) is 0 Å². The van der Waals surface area contributed by atoms with Crippen LogP contribution >= 0.6 is 22.9 Å². The Labute approximate surface area is 129 Å². The first-order valence-corrected chi connectivity index (χ1v) is 7.46. The third-order valence-electron chi connectivity index (χ3n) is 3.55. The van der Waals surface area contributed by atoms with Gasteiger partial charge in [-0.3, -0.25) is 14.4 Å². The van der Waals surface area contributed by atoms with Crippen LogP contribution in [-0.4, -0.2) is 17.5 Å². The van der Waals surface area contributed by atoms with Crippen LogP contribution in [0.25, 0.3) is 0 Å². The van der Waals surface area contributed by atoms with E-state index in [9.17, 15) is 14.4 Å². The Bertz CT molecular complexity index is 754. The van der Waals surface area contributed by atoms with Crippen LogP contribution in [0.5, 0.6) is 0 Å². The number of ketones is 2. The van der Waals surface area contributed by atoms with E-state index in [1.54, 1.807) is 35.7 Å². The number of nitrogens with two attached hydrogens (primary N) is 1. The predicted octanol–water partition coefficient (Wildman–Crippen LogP) is 2.52. The maximum atomic E-state index is 12.6. The van der Waals surface area contributed by atoms with E-state index in [1.807, 2.05) is 0 Å². The average Bonchev–Trinajstić information content (AvgIpc) is 3.03. The molecule has 0 radical (unpaired) electrons. The molecule has 1 aromatic heterocycles. The molecule has 1 aliphatic rings. The summed E-state index contributed by atoms with van der Waals surface area (Å²) in [6.45, 7) is 0. The zero-order chi connectivity index (χ0) is 15.1. The molecule has 2 unspecified atom stereocenters. The Kier molecular flexibility index (Phi) is 3.39. The molecule has 0 aliphatic heterocycles. The van der Waals surface area contributed by atoms with Crippen molar-refractivity contribution in [1.29, 1.82) is 0 Å². The van der Waals surface area contributed by atoms with Crippen LogP contribution in [0.2, 0.25) is 5.02 Å². The summed E-state index contributed by atoms with van der Waals surface area (Å²) in [6, 6.07) is 8.13. The van der Waals surface area contributed by atoms with Crippen molar-refractivity contribution < 1.29 is 14.4 Å². The highest BCUT2D eigenvalue weighted by atomic mass is 35.5. The molecular weight excluding hydrogens is 310 g/mol. The Balaban J connectivity index is 2.14. The molecule has 106 valence electrons. The molecule has 6 heteroatoms. The minimum Gasteiger partial charge on any atom is -0.369 e. The second kappa shape index (κ2) is 5.09. The lowest BCUT2D eigenvalue weighted by Crippen LogP contribution is -2.28. The monoisotopic (exact) mass is 319 g/mol. The van der Waals surface area contributed by atoms with Gasteiger partial charge in [-0.25, -0.2) is 0 Å². The van der Waals surface area contributed by atoms with Crippen LogP contribution in [0, 0.1) is 0 Å². The van der Waals surface area contributed by atoms with Crippen LogP contribution in [0.1, 0.15) is 32.6 Å². The number of rotatable bonds is 3. The molecule has 0 spiro atoms. The smallest absolute Gasteiger partial charge is 0.232 e. The van der Waals surface area contributed by atoms with Crippen molar-refractivity contribution in [2.75, 3.05) is 0 Å². The number of hydrogen-bond acceptors (Lipinski definition) is 4. The molecule has 3 rings (SSSR count). The summed E-state index contributed by atoms with van der Waals surface area (Å²) in [4.78, 5) is 37.1. The third-order valence-corrected chi connectivity index (χ3v) is 4.67. The van der Waals surface area contributed by atoms with E-state index in [0.717, 1.165) is 0 Å². The average molecular weight is 320 g/mol. The molecule has 2 atom stereocenters. The second-order valence-electron chi connectivity index (χ2n) is 4.79. The van der Waals surface area contributed by atoms with E-state index in [1.165, 1.54) is 11.3 Å².